The first-order valence-electron chi connectivity index (χ1n) is 10.0. The predicted octanol–water partition coefficient (Wildman–Crippen LogP) is 2.57. The quantitative estimate of drug-likeness (QED) is 0.668. The molecule has 7 nitrogen and oxygen atoms in total. The molecule has 4 rings (SSSR count). The molecule has 0 saturated carbocycles. The SMILES string of the molecule is COc1cccc(CN2CC[C@@H](c3nn(CCNC(C)=O)c4ncccc34)C2)c1. The average Bonchev–Trinajstić information content (AvgIpc) is 3.33. The van der Waals surface area contributed by atoms with Gasteiger partial charge in [0.2, 0.25) is 5.91 Å². The number of carbonyl (C=O) groups excluding carboxylic acids is 1. The van der Waals surface area contributed by atoms with E-state index in [0.717, 1.165) is 48.5 Å². The molecule has 1 amide bonds. The van der Waals surface area contributed by atoms with Gasteiger partial charge in [-0.2, -0.15) is 5.10 Å². The summed E-state index contributed by atoms with van der Waals surface area (Å²) in [5, 5.41) is 8.84. The number of nitrogens with zero attached hydrogens (tertiary/aromatic N) is 4. The Bertz CT molecular complexity index is 1000. The molecule has 1 atom stereocenters. The van der Waals surface area contributed by atoms with Crippen LogP contribution in [0.2, 0.25) is 0 Å². The molecule has 7 heteroatoms. The molecule has 152 valence electrons. The van der Waals surface area contributed by atoms with E-state index in [-0.39, 0.29) is 5.91 Å². The lowest BCUT2D eigenvalue weighted by molar-refractivity contribution is -0.118. The van der Waals surface area contributed by atoms with E-state index < -0.39 is 0 Å². The average molecular weight is 393 g/mol. The Morgan fingerprint density at radius 1 is 1.31 bits per heavy atom. The Morgan fingerprint density at radius 3 is 3.03 bits per heavy atom. The van der Waals surface area contributed by atoms with Gasteiger partial charge in [-0.25, -0.2) is 9.67 Å². The normalized spacial score (nSPS) is 17.0. The van der Waals surface area contributed by atoms with Crippen LogP contribution in [0.5, 0.6) is 5.75 Å². The lowest BCUT2D eigenvalue weighted by Gasteiger charge is -2.16. The number of likely N-dealkylation sites (tertiary alicyclic amines) is 1. The smallest absolute Gasteiger partial charge is 0.216 e. The van der Waals surface area contributed by atoms with Gasteiger partial charge in [0.1, 0.15) is 5.75 Å². The van der Waals surface area contributed by atoms with Crippen molar-refractivity contribution in [3.8, 4) is 5.75 Å². The second-order valence-electron chi connectivity index (χ2n) is 7.54. The highest BCUT2D eigenvalue weighted by Crippen LogP contribution is 2.32. The third-order valence-corrected chi connectivity index (χ3v) is 5.43. The van der Waals surface area contributed by atoms with Crippen molar-refractivity contribution in [1.82, 2.24) is 25.0 Å². The van der Waals surface area contributed by atoms with Crippen LogP contribution in [0.3, 0.4) is 0 Å². The largest absolute Gasteiger partial charge is 0.497 e. The highest BCUT2D eigenvalue weighted by molar-refractivity contribution is 5.79. The van der Waals surface area contributed by atoms with E-state index in [9.17, 15) is 4.79 Å². The van der Waals surface area contributed by atoms with E-state index in [0.29, 0.717) is 19.0 Å². The van der Waals surface area contributed by atoms with E-state index in [1.54, 1.807) is 13.3 Å². The molecule has 0 aliphatic carbocycles. The summed E-state index contributed by atoms with van der Waals surface area (Å²) in [7, 11) is 1.70. The van der Waals surface area contributed by atoms with Gasteiger partial charge in [0, 0.05) is 44.1 Å². The molecule has 3 aromatic rings. The Morgan fingerprint density at radius 2 is 2.21 bits per heavy atom. The lowest BCUT2D eigenvalue weighted by atomic mass is 10.0. The maximum Gasteiger partial charge on any atom is 0.216 e. The Kier molecular flexibility index (Phi) is 5.76. The van der Waals surface area contributed by atoms with Gasteiger partial charge >= 0.3 is 0 Å². The number of pyridine rings is 1. The van der Waals surface area contributed by atoms with E-state index in [1.807, 2.05) is 22.9 Å². The Balaban J connectivity index is 1.49. The first-order chi connectivity index (χ1) is 14.1. The van der Waals surface area contributed by atoms with E-state index >= 15 is 0 Å². The molecule has 1 saturated heterocycles. The van der Waals surface area contributed by atoms with Gasteiger partial charge in [-0.15, -0.1) is 0 Å². The topological polar surface area (TPSA) is 72.3 Å². The third kappa shape index (κ3) is 4.40. The van der Waals surface area contributed by atoms with Gasteiger partial charge < -0.3 is 10.1 Å². The van der Waals surface area contributed by atoms with E-state index in [4.69, 9.17) is 9.84 Å². The van der Waals surface area contributed by atoms with Gasteiger partial charge in [0.25, 0.3) is 0 Å². The van der Waals surface area contributed by atoms with Crippen LogP contribution in [-0.2, 0) is 17.9 Å². The van der Waals surface area contributed by atoms with Crippen LogP contribution in [0.15, 0.2) is 42.6 Å². The molecule has 29 heavy (non-hydrogen) atoms. The van der Waals surface area contributed by atoms with Crippen LogP contribution in [0, 0.1) is 0 Å². The Labute approximate surface area is 170 Å². The highest BCUT2D eigenvalue weighted by atomic mass is 16.5. The van der Waals surface area contributed by atoms with Crippen molar-refractivity contribution < 1.29 is 9.53 Å². The van der Waals surface area contributed by atoms with Crippen LogP contribution in [0.4, 0.5) is 0 Å². The molecule has 1 N–H and O–H groups in total. The lowest BCUT2D eigenvalue weighted by Crippen LogP contribution is -2.25. The fourth-order valence-electron chi connectivity index (χ4n) is 4.06. The maximum atomic E-state index is 11.2. The van der Waals surface area contributed by atoms with Crippen LogP contribution < -0.4 is 10.1 Å². The summed E-state index contributed by atoms with van der Waals surface area (Å²) in [6.45, 7) is 5.63. The minimum absolute atomic E-state index is 0.0291. The number of aromatic nitrogens is 3. The molecule has 0 radical (unpaired) electrons. The summed E-state index contributed by atoms with van der Waals surface area (Å²) in [5.74, 6) is 1.25. The van der Waals surface area contributed by atoms with Gasteiger partial charge in [-0.1, -0.05) is 12.1 Å². The molecular formula is C22H27N5O2. The van der Waals surface area contributed by atoms with Crippen molar-refractivity contribution in [2.24, 2.45) is 0 Å². The number of ether oxygens (including phenoxy) is 1. The first-order valence-corrected chi connectivity index (χ1v) is 10.0. The molecule has 0 unspecified atom stereocenters. The van der Waals surface area contributed by atoms with Crippen molar-refractivity contribution in [1.29, 1.82) is 0 Å². The zero-order valence-corrected chi connectivity index (χ0v) is 17.0. The maximum absolute atomic E-state index is 11.2. The van der Waals surface area contributed by atoms with Crippen LogP contribution in [-0.4, -0.2) is 52.3 Å². The fourth-order valence-corrected chi connectivity index (χ4v) is 4.06. The second kappa shape index (κ2) is 8.61. The minimum Gasteiger partial charge on any atom is -0.497 e. The molecule has 3 heterocycles. The second-order valence-corrected chi connectivity index (χ2v) is 7.54. The molecule has 1 aliphatic heterocycles. The van der Waals surface area contributed by atoms with Gasteiger partial charge in [-0.05, 0) is 42.8 Å². The molecule has 1 aliphatic rings. The number of benzene rings is 1. The number of fused-ring (bicyclic) bond motifs is 1. The molecule has 1 fully saturated rings. The summed E-state index contributed by atoms with van der Waals surface area (Å²) in [5.41, 5.74) is 3.26. The molecule has 0 bridgehead atoms. The summed E-state index contributed by atoms with van der Waals surface area (Å²) in [4.78, 5) is 18.2. The number of methoxy groups -OCH3 is 1. The molecule has 1 aromatic carbocycles. The zero-order valence-electron chi connectivity index (χ0n) is 17.0. The van der Waals surface area contributed by atoms with Crippen molar-refractivity contribution in [2.75, 3.05) is 26.7 Å². The molecule has 2 aromatic heterocycles. The minimum atomic E-state index is -0.0291. The predicted molar refractivity (Wildman–Crippen MR) is 112 cm³/mol. The van der Waals surface area contributed by atoms with E-state index in [2.05, 4.69) is 33.4 Å². The fraction of sp³-hybridized carbons (Fsp3) is 0.409. The standard InChI is InChI=1S/C22H27N5O2/c1-16(28)23-10-12-27-22-20(7-4-9-24-22)21(25-27)18-8-11-26(15-18)14-17-5-3-6-19(13-17)29-2/h3-7,9,13,18H,8,10-12,14-15H2,1-2H3,(H,23,28)/t18-/m1/s1. The third-order valence-electron chi connectivity index (χ3n) is 5.43. The van der Waals surface area contributed by atoms with Gasteiger partial charge in [-0.3, -0.25) is 9.69 Å². The van der Waals surface area contributed by atoms with Crippen LogP contribution in [0.25, 0.3) is 11.0 Å². The monoisotopic (exact) mass is 393 g/mol. The number of amides is 1. The van der Waals surface area contributed by atoms with Crippen LogP contribution >= 0.6 is 0 Å². The summed E-state index contributed by atoms with van der Waals surface area (Å²) in [6, 6.07) is 12.3. The summed E-state index contributed by atoms with van der Waals surface area (Å²) < 4.78 is 7.27. The van der Waals surface area contributed by atoms with Crippen LogP contribution in [0.1, 0.15) is 30.5 Å². The van der Waals surface area contributed by atoms with Gasteiger partial charge in [0.05, 0.1) is 19.3 Å². The number of carbonyl (C=O) groups is 1. The van der Waals surface area contributed by atoms with Gasteiger partial charge in [0.15, 0.2) is 5.65 Å². The highest BCUT2D eigenvalue weighted by Gasteiger charge is 2.28. The van der Waals surface area contributed by atoms with Crippen molar-refractivity contribution in [3.63, 3.8) is 0 Å². The number of rotatable bonds is 7. The van der Waals surface area contributed by atoms with Crippen molar-refractivity contribution in [2.45, 2.75) is 32.4 Å². The first kappa shape index (κ1) is 19.4. The Hall–Kier alpha value is -2.93. The summed E-state index contributed by atoms with van der Waals surface area (Å²) >= 11 is 0. The number of nitrogens with one attached hydrogen (secondary N) is 1. The molecular weight excluding hydrogens is 366 g/mol. The number of hydrogen-bond acceptors (Lipinski definition) is 5. The van der Waals surface area contributed by atoms with Crippen molar-refractivity contribution in [3.05, 3.63) is 53.9 Å². The van der Waals surface area contributed by atoms with E-state index in [1.165, 1.54) is 12.5 Å². The zero-order chi connectivity index (χ0) is 20.2. The molecule has 0 spiro atoms. The van der Waals surface area contributed by atoms with Crippen molar-refractivity contribution >= 4 is 16.9 Å². The summed E-state index contributed by atoms with van der Waals surface area (Å²) in [6.07, 6.45) is 2.88. The number of hydrogen-bond donors (Lipinski definition) is 1.